The van der Waals surface area contributed by atoms with Crippen molar-refractivity contribution in [2.75, 3.05) is 19.5 Å². The number of carbonyl (C=O) groups excluding carboxylic acids is 1. The minimum Gasteiger partial charge on any atom is -0.497 e. The van der Waals surface area contributed by atoms with E-state index in [-0.39, 0.29) is 5.91 Å². The minimum absolute atomic E-state index is 0.0999. The SMILES string of the molecule is COc1cc(NC(=O)CC2CC3CCC2C3)cc(OC)c1. The zero-order chi connectivity index (χ0) is 14.8. The lowest BCUT2D eigenvalue weighted by Gasteiger charge is -2.21. The van der Waals surface area contributed by atoms with E-state index in [0.29, 0.717) is 23.8 Å². The lowest BCUT2D eigenvalue weighted by Crippen LogP contribution is -2.20. The second-order valence-corrected chi connectivity index (χ2v) is 6.29. The number of nitrogens with one attached hydrogen (secondary N) is 1. The number of hydrogen-bond donors (Lipinski definition) is 1. The zero-order valence-corrected chi connectivity index (χ0v) is 12.7. The maximum absolute atomic E-state index is 12.3. The van der Waals surface area contributed by atoms with E-state index in [1.165, 1.54) is 25.7 Å². The third kappa shape index (κ3) is 3.14. The predicted molar refractivity (Wildman–Crippen MR) is 81.7 cm³/mol. The molecular weight excluding hydrogens is 266 g/mol. The van der Waals surface area contributed by atoms with Gasteiger partial charge in [-0.15, -0.1) is 0 Å². The molecule has 2 bridgehead atoms. The van der Waals surface area contributed by atoms with Gasteiger partial charge in [0, 0.05) is 30.3 Å². The molecule has 4 heteroatoms. The highest BCUT2D eigenvalue weighted by molar-refractivity contribution is 5.91. The molecule has 0 radical (unpaired) electrons. The smallest absolute Gasteiger partial charge is 0.224 e. The molecular formula is C17H23NO3. The van der Waals surface area contributed by atoms with Crippen molar-refractivity contribution in [2.45, 2.75) is 32.1 Å². The molecule has 2 saturated carbocycles. The van der Waals surface area contributed by atoms with Crippen molar-refractivity contribution in [3.05, 3.63) is 18.2 Å². The predicted octanol–water partition coefficient (Wildman–Crippen LogP) is 3.47. The van der Waals surface area contributed by atoms with Gasteiger partial charge in [-0.3, -0.25) is 4.79 Å². The average molecular weight is 289 g/mol. The molecule has 114 valence electrons. The molecule has 0 heterocycles. The molecule has 0 aromatic heterocycles. The van der Waals surface area contributed by atoms with Crippen LogP contribution in [0.1, 0.15) is 32.1 Å². The number of benzene rings is 1. The fourth-order valence-electron chi connectivity index (χ4n) is 3.96. The highest BCUT2D eigenvalue weighted by atomic mass is 16.5. The first-order chi connectivity index (χ1) is 10.2. The van der Waals surface area contributed by atoms with Gasteiger partial charge in [0.15, 0.2) is 0 Å². The fraction of sp³-hybridized carbons (Fsp3) is 0.588. The summed E-state index contributed by atoms with van der Waals surface area (Å²) in [7, 11) is 3.21. The van der Waals surface area contributed by atoms with Crippen LogP contribution in [0, 0.1) is 17.8 Å². The van der Waals surface area contributed by atoms with Crippen LogP contribution in [0.2, 0.25) is 0 Å². The number of carbonyl (C=O) groups is 1. The lowest BCUT2D eigenvalue weighted by atomic mass is 9.86. The van der Waals surface area contributed by atoms with Crippen LogP contribution in [-0.2, 0) is 4.79 Å². The topological polar surface area (TPSA) is 47.6 Å². The number of ether oxygens (including phenoxy) is 2. The molecule has 2 fully saturated rings. The first-order valence-corrected chi connectivity index (χ1v) is 7.71. The van der Waals surface area contributed by atoms with Crippen LogP contribution in [-0.4, -0.2) is 20.1 Å². The van der Waals surface area contributed by atoms with Crippen LogP contribution in [0.25, 0.3) is 0 Å². The van der Waals surface area contributed by atoms with E-state index in [0.717, 1.165) is 17.5 Å². The molecule has 2 aliphatic carbocycles. The Kier molecular flexibility index (Phi) is 4.04. The van der Waals surface area contributed by atoms with Gasteiger partial charge in [-0.1, -0.05) is 6.42 Å². The standard InChI is InChI=1S/C17H23NO3/c1-20-15-8-14(9-16(10-15)21-2)18-17(19)7-13-6-11-3-4-12(13)5-11/h8-13H,3-7H2,1-2H3,(H,18,19). The Hall–Kier alpha value is -1.71. The summed E-state index contributed by atoms with van der Waals surface area (Å²) in [4.78, 5) is 12.3. The first kappa shape index (κ1) is 14.2. The number of rotatable bonds is 5. The number of amides is 1. The zero-order valence-electron chi connectivity index (χ0n) is 12.7. The van der Waals surface area contributed by atoms with Gasteiger partial charge < -0.3 is 14.8 Å². The quantitative estimate of drug-likeness (QED) is 0.903. The van der Waals surface area contributed by atoms with Crippen LogP contribution < -0.4 is 14.8 Å². The highest BCUT2D eigenvalue weighted by Gasteiger charge is 2.40. The summed E-state index contributed by atoms with van der Waals surface area (Å²) >= 11 is 0. The van der Waals surface area contributed by atoms with Crippen LogP contribution >= 0.6 is 0 Å². The van der Waals surface area contributed by atoms with E-state index in [1.807, 2.05) is 12.1 Å². The largest absolute Gasteiger partial charge is 0.497 e. The molecule has 0 saturated heterocycles. The van der Waals surface area contributed by atoms with Crippen molar-refractivity contribution in [1.29, 1.82) is 0 Å². The lowest BCUT2D eigenvalue weighted by molar-refractivity contribution is -0.117. The molecule has 3 atom stereocenters. The van der Waals surface area contributed by atoms with E-state index in [2.05, 4.69) is 5.32 Å². The second-order valence-electron chi connectivity index (χ2n) is 6.29. The van der Waals surface area contributed by atoms with E-state index < -0.39 is 0 Å². The number of fused-ring (bicyclic) bond motifs is 2. The van der Waals surface area contributed by atoms with Crippen molar-refractivity contribution in [1.82, 2.24) is 0 Å². The third-order valence-corrected chi connectivity index (χ3v) is 4.97. The van der Waals surface area contributed by atoms with Gasteiger partial charge >= 0.3 is 0 Å². The molecule has 1 aromatic rings. The van der Waals surface area contributed by atoms with E-state index in [1.54, 1.807) is 20.3 Å². The average Bonchev–Trinajstić information content (AvgIpc) is 3.09. The van der Waals surface area contributed by atoms with Crippen molar-refractivity contribution >= 4 is 11.6 Å². The Morgan fingerprint density at radius 1 is 1.14 bits per heavy atom. The Morgan fingerprint density at radius 2 is 1.86 bits per heavy atom. The van der Waals surface area contributed by atoms with Gasteiger partial charge in [0.2, 0.25) is 5.91 Å². The van der Waals surface area contributed by atoms with Gasteiger partial charge in [0.25, 0.3) is 0 Å². The van der Waals surface area contributed by atoms with Crippen molar-refractivity contribution in [2.24, 2.45) is 17.8 Å². The summed E-state index contributed by atoms with van der Waals surface area (Å²) in [6.07, 6.45) is 5.90. The first-order valence-electron chi connectivity index (χ1n) is 7.71. The highest BCUT2D eigenvalue weighted by Crippen LogP contribution is 2.49. The number of anilines is 1. The van der Waals surface area contributed by atoms with E-state index >= 15 is 0 Å². The third-order valence-electron chi connectivity index (χ3n) is 4.97. The van der Waals surface area contributed by atoms with Crippen LogP contribution in [0.5, 0.6) is 11.5 Å². The number of hydrogen-bond acceptors (Lipinski definition) is 3. The molecule has 3 unspecified atom stereocenters. The molecule has 2 aliphatic rings. The van der Waals surface area contributed by atoms with Crippen molar-refractivity contribution < 1.29 is 14.3 Å². The normalized spacial score (nSPS) is 26.7. The summed E-state index contributed by atoms with van der Waals surface area (Å²) in [5.41, 5.74) is 0.736. The van der Waals surface area contributed by atoms with Crippen LogP contribution in [0.15, 0.2) is 18.2 Å². The van der Waals surface area contributed by atoms with Gasteiger partial charge in [0.1, 0.15) is 11.5 Å². The van der Waals surface area contributed by atoms with Crippen molar-refractivity contribution in [3.63, 3.8) is 0 Å². The molecule has 1 amide bonds. The summed E-state index contributed by atoms with van der Waals surface area (Å²) in [6.45, 7) is 0. The summed E-state index contributed by atoms with van der Waals surface area (Å²) in [5.74, 6) is 3.71. The van der Waals surface area contributed by atoms with Crippen LogP contribution in [0.4, 0.5) is 5.69 Å². The van der Waals surface area contributed by atoms with E-state index in [9.17, 15) is 4.79 Å². The molecule has 1 aromatic carbocycles. The Balaban J connectivity index is 1.61. The Labute approximate surface area is 125 Å². The van der Waals surface area contributed by atoms with Crippen LogP contribution in [0.3, 0.4) is 0 Å². The van der Waals surface area contributed by atoms with Gasteiger partial charge in [-0.05, 0) is 37.0 Å². The Bertz CT molecular complexity index is 507. The second kappa shape index (κ2) is 5.96. The van der Waals surface area contributed by atoms with Gasteiger partial charge in [0.05, 0.1) is 14.2 Å². The van der Waals surface area contributed by atoms with Crippen molar-refractivity contribution in [3.8, 4) is 11.5 Å². The van der Waals surface area contributed by atoms with Gasteiger partial charge in [-0.2, -0.15) is 0 Å². The molecule has 0 aliphatic heterocycles. The summed E-state index contributed by atoms with van der Waals surface area (Å²) < 4.78 is 10.4. The molecule has 4 nitrogen and oxygen atoms in total. The maximum Gasteiger partial charge on any atom is 0.224 e. The molecule has 3 rings (SSSR count). The summed E-state index contributed by atoms with van der Waals surface area (Å²) in [5, 5.41) is 2.98. The monoisotopic (exact) mass is 289 g/mol. The number of methoxy groups -OCH3 is 2. The summed E-state index contributed by atoms with van der Waals surface area (Å²) in [6, 6.07) is 5.44. The fourth-order valence-corrected chi connectivity index (χ4v) is 3.96. The van der Waals surface area contributed by atoms with Gasteiger partial charge in [-0.25, -0.2) is 0 Å². The molecule has 0 spiro atoms. The Morgan fingerprint density at radius 3 is 2.38 bits per heavy atom. The van der Waals surface area contributed by atoms with E-state index in [4.69, 9.17) is 9.47 Å². The molecule has 21 heavy (non-hydrogen) atoms. The molecule has 1 N–H and O–H groups in total. The maximum atomic E-state index is 12.3. The minimum atomic E-state index is 0.0999.